The van der Waals surface area contributed by atoms with Gasteiger partial charge >= 0.3 is 0 Å². The lowest BCUT2D eigenvalue weighted by molar-refractivity contribution is -0.123. The van der Waals surface area contributed by atoms with Crippen LogP contribution in [0.5, 0.6) is 11.5 Å². The van der Waals surface area contributed by atoms with Crippen molar-refractivity contribution in [1.82, 2.24) is 10.4 Å². The molecular formula is C19H19N3O3. The van der Waals surface area contributed by atoms with Crippen LogP contribution in [0.15, 0.2) is 53.6 Å². The Kier molecular flexibility index (Phi) is 4.99. The third-order valence-electron chi connectivity index (χ3n) is 3.76. The van der Waals surface area contributed by atoms with E-state index in [0.717, 1.165) is 27.9 Å². The number of carbonyl (C=O) groups is 1. The number of benzene rings is 2. The quantitative estimate of drug-likeness (QED) is 0.536. The summed E-state index contributed by atoms with van der Waals surface area (Å²) >= 11 is 0. The Morgan fingerprint density at radius 3 is 2.64 bits per heavy atom. The summed E-state index contributed by atoms with van der Waals surface area (Å²) in [6, 6.07) is 15.0. The highest BCUT2D eigenvalue weighted by Crippen LogP contribution is 2.20. The molecule has 6 heteroatoms. The van der Waals surface area contributed by atoms with Gasteiger partial charge in [-0.3, -0.25) is 4.79 Å². The molecule has 2 N–H and O–H groups in total. The van der Waals surface area contributed by atoms with Crippen LogP contribution in [0.1, 0.15) is 11.3 Å². The average molecular weight is 337 g/mol. The molecular weight excluding hydrogens is 318 g/mol. The molecule has 0 saturated carbocycles. The van der Waals surface area contributed by atoms with Crippen molar-refractivity contribution in [1.29, 1.82) is 0 Å². The van der Waals surface area contributed by atoms with E-state index >= 15 is 0 Å². The van der Waals surface area contributed by atoms with E-state index in [4.69, 9.17) is 9.47 Å². The first kappa shape index (κ1) is 16.6. The molecule has 0 unspecified atom stereocenters. The molecule has 0 aliphatic carbocycles. The second kappa shape index (κ2) is 7.53. The number of H-pyrrole nitrogens is 1. The fourth-order valence-corrected chi connectivity index (χ4v) is 2.49. The minimum absolute atomic E-state index is 0.115. The van der Waals surface area contributed by atoms with Crippen LogP contribution in [0.3, 0.4) is 0 Å². The molecule has 0 bridgehead atoms. The van der Waals surface area contributed by atoms with Gasteiger partial charge < -0.3 is 14.5 Å². The van der Waals surface area contributed by atoms with Gasteiger partial charge in [-0.05, 0) is 37.3 Å². The molecule has 1 aromatic heterocycles. The van der Waals surface area contributed by atoms with E-state index in [1.165, 1.54) is 0 Å². The van der Waals surface area contributed by atoms with Gasteiger partial charge in [-0.15, -0.1) is 0 Å². The Labute approximate surface area is 145 Å². The number of amides is 1. The Balaban J connectivity index is 1.56. The number of ether oxygens (including phenoxy) is 2. The summed E-state index contributed by atoms with van der Waals surface area (Å²) in [6.07, 6.45) is 1.64. The molecule has 6 nitrogen and oxygen atoms in total. The van der Waals surface area contributed by atoms with Gasteiger partial charge in [0.2, 0.25) is 0 Å². The van der Waals surface area contributed by atoms with Crippen LogP contribution in [-0.4, -0.2) is 30.8 Å². The number of aryl methyl sites for hydroxylation is 1. The Morgan fingerprint density at radius 2 is 1.88 bits per heavy atom. The van der Waals surface area contributed by atoms with Crippen LogP contribution in [0.25, 0.3) is 10.9 Å². The standard InChI is InChI=1S/C19H19N3O3/c1-13-17(16-5-3-4-6-18(16)21-13)11-20-22-19(23)12-25-15-9-7-14(24-2)8-10-15/h3-11,21H,12H2,1-2H3,(H,22,23). The van der Waals surface area contributed by atoms with E-state index in [2.05, 4.69) is 15.5 Å². The second-order valence-electron chi connectivity index (χ2n) is 5.47. The zero-order chi connectivity index (χ0) is 17.6. The lowest BCUT2D eigenvalue weighted by atomic mass is 10.1. The molecule has 128 valence electrons. The van der Waals surface area contributed by atoms with Gasteiger partial charge in [0.25, 0.3) is 5.91 Å². The minimum atomic E-state index is -0.329. The molecule has 0 aliphatic rings. The van der Waals surface area contributed by atoms with Gasteiger partial charge in [0.15, 0.2) is 6.61 Å². The summed E-state index contributed by atoms with van der Waals surface area (Å²) in [4.78, 5) is 15.1. The van der Waals surface area contributed by atoms with Crippen LogP contribution >= 0.6 is 0 Å². The first-order chi connectivity index (χ1) is 12.2. The number of carbonyl (C=O) groups excluding carboxylic acids is 1. The number of rotatable bonds is 6. The molecule has 1 amide bonds. The number of aromatic amines is 1. The average Bonchev–Trinajstić information content (AvgIpc) is 2.96. The van der Waals surface area contributed by atoms with E-state index in [-0.39, 0.29) is 12.5 Å². The number of methoxy groups -OCH3 is 1. The summed E-state index contributed by atoms with van der Waals surface area (Å²) in [7, 11) is 1.59. The van der Waals surface area contributed by atoms with Crippen LogP contribution in [-0.2, 0) is 4.79 Å². The summed E-state index contributed by atoms with van der Waals surface area (Å²) in [6.45, 7) is 1.85. The van der Waals surface area contributed by atoms with Crippen LogP contribution < -0.4 is 14.9 Å². The summed E-state index contributed by atoms with van der Waals surface area (Å²) in [5.41, 5.74) is 5.46. The van der Waals surface area contributed by atoms with Crippen molar-refractivity contribution in [3.05, 3.63) is 59.8 Å². The highest BCUT2D eigenvalue weighted by molar-refractivity contribution is 6.00. The van der Waals surface area contributed by atoms with Gasteiger partial charge in [0, 0.05) is 22.2 Å². The molecule has 3 aromatic rings. The molecule has 0 spiro atoms. The zero-order valence-corrected chi connectivity index (χ0v) is 14.1. The number of nitrogens with one attached hydrogen (secondary N) is 2. The van der Waals surface area contributed by atoms with E-state index in [0.29, 0.717) is 5.75 Å². The predicted molar refractivity (Wildman–Crippen MR) is 97.3 cm³/mol. The maximum absolute atomic E-state index is 11.8. The largest absolute Gasteiger partial charge is 0.497 e. The van der Waals surface area contributed by atoms with Crippen molar-refractivity contribution in [3.8, 4) is 11.5 Å². The molecule has 3 rings (SSSR count). The molecule has 25 heavy (non-hydrogen) atoms. The van der Waals surface area contributed by atoms with Crippen LogP contribution in [0, 0.1) is 6.92 Å². The molecule has 0 fully saturated rings. The number of aromatic nitrogens is 1. The van der Waals surface area contributed by atoms with Crippen LogP contribution in [0.2, 0.25) is 0 Å². The monoisotopic (exact) mass is 337 g/mol. The lowest BCUT2D eigenvalue weighted by Crippen LogP contribution is -2.24. The lowest BCUT2D eigenvalue weighted by Gasteiger charge is -2.05. The molecule has 0 radical (unpaired) electrons. The fourth-order valence-electron chi connectivity index (χ4n) is 2.49. The number of hydrogen-bond donors (Lipinski definition) is 2. The number of hydrazone groups is 1. The molecule has 1 heterocycles. The third-order valence-corrected chi connectivity index (χ3v) is 3.76. The summed E-state index contributed by atoms with van der Waals surface area (Å²) in [5.74, 6) is 0.993. The van der Waals surface area contributed by atoms with Gasteiger partial charge in [0.1, 0.15) is 11.5 Å². The minimum Gasteiger partial charge on any atom is -0.497 e. The fraction of sp³-hybridized carbons (Fsp3) is 0.158. The number of hydrogen-bond acceptors (Lipinski definition) is 4. The number of nitrogens with zero attached hydrogens (tertiary/aromatic N) is 1. The SMILES string of the molecule is COc1ccc(OCC(=O)NN=Cc2c(C)[nH]c3ccccc23)cc1. The highest BCUT2D eigenvalue weighted by Gasteiger charge is 2.06. The summed E-state index contributed by atoms with van der Waals surface area (Å²) in [5, 5.41) is 5.08. The van der Waals surface area contributed by atoms with E-state index in [1.54, 1.807) is 37.6 Å². The van der Waals surface area contributed by atoms with E-state index in [9.17, 15) is 4.79 Å². The highest BCUT2D eigenvalue weighted by atomic mass is 16.5. The van der Waals surface area contributed by atoms with Crippen LogP contribution in [0.4, 0.5) is 0 Å². The van der Waals surface area contributed by atoms with Crippen molar-refractivity contribution < 1.29 is 14.3 Å². The predicted octanol–water partition coefficient (Wildman–Crippen LogP) is 3.01. The Morgan fingerprint density at radius 1 is 1.16 bits per heavy atom. The first-order valence-corrected chi connectivity index (χ1v) is 7.83. The topological polar surface area (TPSA) is 75.7 Å². The normalized spacial score (nSPS) is 11.0. The number of para-hydroxylation sites is 1. The van der Waals surface area contributed by atoms with Crippen molar-refractivity contribution in [2.75, 3.05) is 13.7 Å². The Hall–Kier alpha value is -3.28. The molecule has 2 aromatic carbocycles. The zero-order valence-electron chi connectivity index (χ0n) is 14.1. The molecule has 0 saturated heterocycles. The van der Waals surface area contributed by atoms with Gasteiger partial charge in [-0.1, -0.05) is 18.2 Å². The maximum atomic E-state index is 11.8. The second-order valence-corrected chi connectivity index (χ2v) is 5.47. The van der Waals surface area contributed by atoms with E-state index < -0.39 is 0 Å². The first-order valence-electron chi connectivity index (χ1n) is 7.83. The third kappa shape index (κ3) is 3.98. The van der Waals surface area contributed by atoms with Gasteiger partial charge in [0.05, 0.1) is 13.3 Å². The van der Waals surface area contributed by atoms with Gasteiger partial charge in [-0.25, -0.2) is 5.43 Å². The molecule has 0 aliphatic heterocycles. The summed E-state index contributed by atoms with van der Waals surface area (Å²) < 4.78 is 10.5. The van der Waals surface area contributed by atoms with Crippen molar-refractivity contribution in [2.24, 2.45) is 5.10 Å². The Bertz CT molecular complexity index is 898. The smallest absolute Gasteiger partial charge is 0.277 e. The maximum Gasteiger partial charge on any atom is 0.277 e. The van der Waals surface area contributed by atoms with Gasteiger partial charge in [-0.2, -0.15) is 5.10 Å². The van der Waals surface area contributed by atoms with Crippen molar-refractivity contribution in [2.45, 2.75) is 6.92 Å². The number of fused-ring (bicyclic) bond motifs is 1. The van der Waals surface area contributed by atoms with Crippen molar-refractivity contribution >= 4 is 23.0 Å². The van der Waals surface area contributed by atoms with E-state index in [1.807, 2.05) is 31.2 Å². The molecule has 0 atom stereocenters. The van der Waals surface area contributed by atoms with Crippen molar-refractivity contribution in [3.63, 3.8) is 0 Å².